The maximum atomic E-state index is 12.0. The number of rotatable bonds is 3. The Balaban J connectivity index is 1.96. The molecule has 1 saturated heterocycles. The molecule has 1 fully saturated rings. The van der Waals surface area contributed by atoms with E-state index in [0.29, 0.717) is 19.6 Å². The van der Waals surface area contributed by atoms with E-state index in [1.54, 1.807) is 6.92 Å². The maximum Gasteiger partial charge on any atom is 0.238 e. The quantitative estimate of drug-likeness (QED) is 0.870. The minimum atomic E-state index is -0.629. The fraction of sp³-hybridized carbons (Fsp3) is 0.533. The van der Waals surface area contributed by atoms with Crippen molar-refractivity contribution in [2.24, 2.45) is 0 Å². The second-order valence-corrected chi connectivity index (χ2v) is 5.96. The summed E-state index contributed by atoms with van der Waals surface area (Å²) in [6.45, 7) is 9.30. The van der Waals surface area contributed by atoms with Crippen LogP contribution in [0.4, 0.5) is 5.69 Å². The van der Waals surface area contributed by atoms with Gasteiger partial charge in [0.25, 0.3) is 0 Å². The van der Waals surface area contributed by atoms with Crippen molar-refractivity contribution in [3.8, 4) is 0 Å². The van der Waals surface area contributed by atoms with E-state index in [1.807, 2.05) is 25.7 Å². The number of benzene rings is 1. The predicted molar refractivity (Wildman–Crippen MR) is 76.3 cm³/mol. The van der Waals surface area contributed by atoms with Gasteiger partial charge in [-0.15, -0.1) is 0 Å². The molecule has 2 N–H and O–H groups in total. The molecule has 0 saturated carbocycles. The van der Waals surface area contributed by atoms with Gasteiger partial charge in [0.15, 0.2) is 0 Å². The third-order valence-electron chi connectivity index (χ3n) is 3.44. The summed E-state index contributed by atoms with van der Waals surface area (Å²) in [6.07, 6.45) is 0. The zero-order chi connectivity index (χ0) is 14.2. The van der Waals surface area contributed by atoms with Crippen LogP contribution in [0, 0.1) is 20.8 Å². The summed E-state index contributed by atoms with van der Waals surface area (Å²) in [4.78, 5) is 13.9. The van der Waals surface area contributed by atoms with Crippen LogP contribution in [0.2, 0.25) is 0 Å². The molecule has 2 rings (SSSR count). The lowest BCUT2D eigenvalue weighted by atomic mass is 9.97. The van der Waals surface area contributed by atoms with Crippen molar-refractivity contribution in [2.75, 3.05) is 25.0 Å². The molecule has 1 aliphatic heterocycles. The van der Waals surface area contributed by atoms with Crippen molar-refractivity contribution in [3.63, 3.8) is 0 Å². The smallest absolute Gasteiger partial charge is 0.238 e. The Bertz CT molecular complexity index is 478. The molecule has 0 aliphatic carbocycles. The molecule has 0 spiro atoms. The van der Waals surface area contributed by atoms with Gasteiger partial charge in [-0.2, -0.15) is 0 Å². The number of carbonyl (C=O) groups is 1. The first kappa shape index (κ1) is 14.0. The van der Waals surface area contributed by atoms with E-state index in [9.17, 15) is 9.90 Å². The van der Waals surface area contributed by atoms with Crippen LogP contribution in [0.1, 0.15) is 23.6 Å². The van der Waals surface area contributed by atoms with Gasteiger partial charge in [0, 0.05) is 18.8 Å². The molecule has 1 heterocycles. The number of carbonyl (C=O) groups excluding carboxylic acids is 1. The summed E-state index contributed by atoms with van der Waals surface area (Å²) < 4.78 is 0. The summed E-state index contributed by atoms with van der Waals surface area (Å²) in [5.41, 5.74) is 3.65. The fourth-order valence-corrected chi connectivity index (χ4v) is 2.79. The zero-order valence-electron chi connectivity index (χ0n) is 12.1. The van der Waals surface area contributed by atoms with Gasteiger partial charge in [-0.3, -0.25) is 9.69 Å². The van der Waals surface area contributed by atoms with E-state index < -0.39 is 5.60 Å². The Morgan fingerprint density at radius 1 is 1.32 bits per heavy atom. The van der Waals surface area contributed by atoms with Crippen molar-refractivity contribution in [1.82, 2.24) is 4.90 Å². The molecule has 1 aliphatic rings. The molecule has 4 nitrogen and oxygen atoms in total. The van der Waals surface area contributed by atoms with Crippen LogP contribution < -0.4 is 5.32 Å². The molecule has 0 unspecified atom stereocenters. The molecular formula is C15H22N2O2. The van der Waals surface area contributed by atoms with Gasteiger partial charge < -0.3 is 10.4 Å². The summed E-state index contributed by atoms with van der Waals surface area (Å²) in [6, 6.07) is 4.13. The number of likely N-dealkylation sites (tertiary alicyclic amines) is 1. The van der Waals surface area contributed by atoms with Crippen LogP contribution in [0.25, 0.3) is 0 Å². The lowest BCUT2D eigenvalue weighted by Gasteiger charge is -2.43. The van der Waals surface area contributed by atoms with Gasteiger partial charge >= 0.3 is 0 Å². The number of anilines is 1. The van der Waals surface area contributed by atoms with Crippen LogP contribution in [0.15, 0.2) is 12.1 Å². The molecule has 104 valence electrons. The Hall–Kier alpha value is -1.39. The first-order valence-electron chi connectivity index (χ1n) is 6.59. The van der Waals surface area contributed by atoms with Crippen LogP contribution in [-0.2, 0) is 4.79 Å². The highest BCUT2D eigenvalue weighted by Crippen LogP contribution is 2.23. The minimum absolute atomic E-state index is 0.0226. The number of aryl methyl sites for hydroxylation is 3. The summed E-state index contributed by atoms with van der Waals surface area (Å²) in [5.74, 6) is -0.0226. The summed E-state index contributed by atoms with van der Waals surface area (Å²) >= 11 is 0. The topological polar surface area (TPSA) is 52.6 Å². The average Bonchev–Trinajstić information content (AvgIpc) is 2.20. The molecule has 19 heavy (non-hydrogen) atoms. The average molecular weight is 262 g/mol. The van der Waals surface area contributed by atoms with Gasteiger partial charge in [-0.05, 0) is 38.8 Å². The van der Waals surface area contributed by atoms with Gasteiger partial charge in [-0.25, -0.2) is 0 Å². The molecule has 0 radical (unpaired) electrons. The first-order chi connectivity index (χ1) is 8.77. The third-order valence-corrected chi connectivity index (χ3v) is 3.44. The molecule has 0 aromatic heterocycles. The van der Waals surface area contributed by atoms with Crippen LogP contribution in [0.5, 0.6) is 0 Å². The SMILES string of the molecule is Cc1cc(C)c(NC(=O)CN2CC(C)(O)C2)c(C)c1. The second kappa shape index (κ2) is 4.94. The monoisotopic (exact) mass is 262 g/mol. The number of aliphatic hydroxyl groups is 1. The first-order valence-corrected chi connectivity index (χ1v) is 6.59. The number of nitrogens with one attached hydrogen (secondary N) is 1. The van der Waals surface area contributed by atoms with Crippen molar-refractivity contribution in [1.29, 1.82) is 0 Å². The van der Waals surface area contributed by atoms with Crippen molar-refractivity contribution < 1.29 is 9.90 Å². The van der Waals surface area contributed by atoms with E-state index in [4.69, 9.17) is 0 Å². The normalized spacial score (nSPS) is 17.9. The maximum absolute atomic E-state index is 12.0. The van der Waals surface area contributed by atoms with Gasteiger partial charge in [-0.1, -0.05) is 17.7 Å². The van der Waals surface area contributed by atoms with E-state index in [2.05, 4.69) is 17.4 Å². The van der Waals surface area contributed by atoms with Gasteiger partial charge in [0.1, 0.15) is 0 Å². The van der Waals surface area contributed by atoms with Crippen molar-refractivity contribution in [3.05, 3.63) is 28.8 Å². The van der Waals surface area contributed by atoms with Crippen LogP contribution in [0.3, 0.4) is 0 Å². The second-order valence-electron chi connectivity index (χ2n) is 5.96. The van der Waals surface area contributed by atoms with E-state index >= 15 is 0 Å². The highest BCUT2D eigenvalue weighted by atomic mass is 16.3. The van der Waals surface area contributed by atoms with Gasteiger partial charge in [0.05, 0.1) is 12.1 Å². The molecular weight excluding hydrogens is 240 g/mol. The number of β-amino-alcohol motifs (C(OH)–C–C–N with tert-alkyl or cyclic N) is 1. The lowest BCUT2D eigenvalue weighted by molar-refractivity contribution is -0.125. The minimum Gasteiger partial charge on any atom is -0.388 e. The molecule has 0 atom stereocenters. The Labute approximate surface area is 114 Å². The summed E-state index contributed by atoms with van der Waals surface area (Å²) in [7, 11) is 0. The number of nitrogens with zero attached hydrogens (tertiary/aromatic N) is 1. The van der Waals surface area contributed by atoms with Gasteiger partial charge in [0.2, 0.25) is 5.91 Å². The molecule has 1 aromatic carbocycles. The highest BCUT2D eigenvalue weighted by molar-refractivity contribution is 5.93. The molecule has 1 amide bonds. The van der Waals surface area contributed by atoms with E-state index in [-0.39, 0.29) is 5.91 Å². The number of hydrogen-bond acceptors (Lipinski definition) is 3. The van der Waals surface area contributed by atoms with E-state index in [1.165, 1.54) is 5.56 Å². The number of hydrogen-bond donors (Lipinski definition) is 2. The Kier molecular flexibility index (Phi) is 3.65. The van der Waals surface area contributed by atoms with Crippen molar-refractivity contribution >= 4 is 11.6 Å². The van der Waals surface area contributed by atoms with E-state index in [0.717, 1.165) is 16.8 Å². The molecule has 1 aromatic rings. The standard InChI is InChI=1S/C15H22N2O2/c1-10-5-11(2)14(12(3)6-10)16-13(18)7-17-8-15(4,19)9-17/h5-6,19H,7-9H2,1-4H3,(H,16,18). The highest BCUT2D eigenvalue weighted by Gasteiger charge is 2.37. The third kappa shape index (κ3) is 3.33. The molecule has 0 bridgehead atoms. The van der Waals surface area contributed by atoms with Crippen molar-refractivity contribution in [2.45, 2.75) is 33.3 Å². The molecule has 4 heteroatoms. The van der Waals surface area contributed by atoms with Crippen LogP contribution in [-0.4, -0.2) is 41.1 Å². The number of amides is 1. The predicted octanol–water partition coefficient (Wildman–Crippen LogP) is 1.62. The summed E-state index contributed by atoms with van der Waals surface area (Å²) in [5, 5.41) is 12.6. The Morgan fingerprint density at radius 3 is 2.32 bits per heavy atom. The van der Waals surface area contributed by atoms with Crippen LogP contribution >= 0.6 is 0 Å². The lowest BCUT2D eigenvalue weighted by Crippen LogP contribution is -2.61. The zero-order valence-corrected chi connectivity index (χ0v) is 12.1. The fourth-order valence-electron chi connectivity index (χ4n) is 2.79. The largest absolute Gasteiger partial charge is 0.388 e. The Morgan fingerprint density at radius 2 is 1.84 bits per heavy atom.